The van der Waals surface area contributed by atoms with Gasteiger partial charge in [-0.1, -0.05) is 35.6 Å². The summed E-state index contributed by atoms with van der Waals surface area (Å²) in [5.74, 6) is -0.208. The van der Waals surface area contributed by atoms with Crippen molar-refractivity contribution in [2.75, 3.05) is 26.2 Å². The predicted octanol–water partition coefficient (Wildman–Crippen LogP) is 4.75. The molecule has 1 aliphatic carbocycles. The number of aliphatic hydroxyl groups excluding tert-OH is 1. The first-order chi connectivity index (χ1) is 25.2. The Kier molecular flexibility index (Phi) is 9.63. The Labute approximate surface area is 310 Å². The quantitative estimate of drug-likeness (QED) is 0.105. The molecule has 9 rings (SSSR count). The van der Waals surface area contributed by atoms with E-state index in [0.717, 1.165) is 48.3 Å². The van der Waals surface area contributed by atoms with Gasteiger partial charge in [0.2, 0.25) is 11.2 Å². The molecule has 4 aromatic heterocycles. The van der Waals surface area contributed by atoms with Gasteiger partial charge in [-0.25, -0.2) is 4.79 Å². The molecule has 2 aliphatic heterocycles. The lowest BCUT2D eigenvalue weighted by Gasteiger charge is -2.53. The molecule has 0 amide bonds. The van der Waals surface area contributed by atoms with Crippen LogP contribution in [0.15, 0.2) is 87.1 Å². The smallest absolute Gasteiger partial charge is 0.349 e. The Morgan fingerprint density at radius 1 is 1.00 bits per heavy atom. The Bertz CT molecular complexity index is 2290. The number of benzene rings is 2. The van der Waals surface area contributed by atoms with Crippen molar-refractivity contribution < 1.29 is 24.9 Å². The van der Waals surface area contributed by atoms with Gasteiger partial charge in [0.05, 0.1) is 31.6 Å². The second kappa shape index (κ2) is 14.3. The fraction of sp³-hybridized carbons (Fsp3) is 0.342. The maximum absolute atomic E-state index is 13.5. The molecular formula is C38H38N4O7S3. The minimum Gasteiger partial charge on any atom is -0.506 e. The van der Waals surface area contributed by atoms with Gasteiger partial charge in [0.25, 0.3) is 0 Å². The Hall–Kier alpha value is -4.15. The van der Waals surface area contributed by atoms with Gasteiger partial charge in [0.1, 0.15) is 11.9 Å². The lowest BCUT2D eigenvalue weighted by Crippen LogP contribution is -2.60. The average Bonchev–Trinajstić information content (AvgIpc) is 3.94. The Morgan fingerprint density at radius 2 is 1.75 bits per heavy atom. The summed E-state index contributed by atoms with van der Waals surface area (Å²) in [4.78, 5) is 44.4. The molecule has 11 nitrogen and oxygen atoms in total. The van der Waals surface area contributed by atoms with Crippen molar-refractivity contribution in [3.63, 3.8) is 0 Å². The number of aryl methyl sites for hydroxylation is 1. The number of hydrogen-bond acceptors (Lipinski definition) is 12. The number of fused-ring (bicyclic) bond motifs is 4. The van der Waals surface area contributed by atoms with Crippen LogP contribution in [-0.4, -0.2) is 68.0 Å². The van der Waals surface area contributed by atoms with Crippen LogP contribution in [0.4, 0.5) is 0 Å². The van der Waals surface area contributed by atoms with Crippen molar-refractivity contribution in [2.24, 2.45) is 11.8 Å². The number of aromatic hydroxyl groups is 1. The molecule has 14 heteroatoms. The topological polar surface area (TPSA) is 157 Å². The lowest BCUT2D eigenvalue weighted by atomic mass is 9.68. The number of thiophene rings is 2. The fourth-order valence-corrected chi connectivity index (χ4v) is 10.4. The minimum absolute atomic E-state index is 0.00483. The second-order valence-electron chi connectivity index (χ2n) is 13.7. The SMILES string of the molecule is O=C(OC1C2CC1CN(CCCn1c(=O)sc3cc(CNC[C@H](O)c4ccc(O)c5[nH]c(=O)ccc45)ccc31)C2)C(O)(c1cccs1)c1cccs1. The molecule has 2 saturated heterocycles. The number of piperidine rings is 2. The predicted molar refractivity (Wildman–Crippen MR) is 203 cm³/mol. The monoisotopic (exact) mass is 758 g/mol. The van der Waals surface area contributed by atoms with Gasteiger partial charge < -0.3 is 35.3 Å². The molecule has 1 saturated carbocycles. The zero-order chi connectivity index (χ0) is 36.0. The average molecular weight is 759 g/mol. The molecule has 3 atom stereocenters. The van der Waals surface area contributed by atoms with Crippen molar-refractivity contribution in [3.05, 3.63) is 118 Å². The van der Waals surface area contributed by atoms with Crippen LogP contribution in [0.3, 0.4) is 0 Å². The number of carbonyl (C=O) groups is 1. The number of carbonyl (C=O) groups excluding carboxylic acids is 1. The third-order valence-corrected chi connectivity index (χ3v) is 13.2. The zero-order valence-electron chi connectivity index (χ0n) is 28.1. The number of ether oxygens (including phenoxy) is 1. The summed E-state index contributed by atoms with van der Waals surface area (Å²) < 4.78 is 8.80. The number of nitrogens with one attached hydrogen (secondary N) is 2. The van der Waals surface area contributed by atoms with Gasteiger partial charge >= 0.3 is 10.8 Å². The summed E-state index contributed by atoms with van der Waals surface area (Å²) >= 11 is 3.92. The van der Waals surface area contributed by atoms with E-state index in [0.29, 0.717) is 39.3 Å². The van der Waals surface area contributed by atoms with Crippen LogP contribution in [0.25, 0.3) is 21.1 Å². The molecular weight excluding hydrogens is 721 g/mol. The molecule has 3 fully saturated rings. The van der Waals surface area contributed by atoms with Crippen LogP contribution in [-0.2, 0) is 28.2 Å². The van der Waals surface area contributed by atoms with Crippen molar-refractivity contribution in [2.45, 2.75) is 43.7 Å². The van der Waals surface area contributed by atoms with Gasteiger partial charge in [-0.2, -0.15) is 0 Å². The number of H-pyrrole nitrogens is 1. The number of rotatable bonds is 13. The number of aliphatic hydroxyl groups is 2. The Balaban J connectivity index is 0.833. The number of phenolic OH excluding ortho intramolecular Hbond substituents is 1. The fourth-order valence-electron chi connectivity index (χ4n) is 7.71. The van der Waals surface area contributed by atoms with Crippen LogP contribution in [0.1, 0.15) is 39.8 Å². The van der Waals surface area contributed by atoms with E-state index in [2.05, 4.69) is 15.2 Å². The van der Waals surface area contributed by atoms with Crippen LogP contribution in [0.5, 0.6) is 5.75 Å². The summed E-state index contributed by atoms with van der Waals surface area (Å²) in [6, 6.07) is 19.3. The summed E-state index contributed by atoms with van der Waals surface area (Å²) in [6.07, 6.45) is 0.748. The molecule has 2 aromatic carbocycles. The lowest BCUT2D eigenvalue weighted by molar-refractivity contribution is -0.193. The van der Waals surface area contributed by atoms with Crippen LogP contribution < -0.4 is 15.7 Å². The standard InChI is InChI=1S/C38H38N4O7S3/c43-28-10-7-25(26-8-11-33(45)40-34(26)28)29(44)19-39-18-22-6-9-27-30(16-22)52-37(47)42(27)13-3-12-41-20-23-17-24(21-41)35(23)49-36(46)38(48,31-4-1-14-50-31)32-5-2-15-51-32/h1-2,4-11,14-16,23-24,29,35,39,43-44,48H,3,12-13,17-21H2,(H,40,45)/t23?,24?,29-,35?/m0/s1. The van der Waals surface area contributed by atoms with E-state index in [1.165, 1.54) is 46.1 Å². The van der Waals surface area contributed by atoms with Gasteiger partial charge in [-0.05, 0) is 77.7 Å². The van der Waals surface area contributed by atoms with E-state index >= 15 is 0 Å². The van der Waals surface area contributed by atoms with Gasteiger partial charge in [-0.15, -0.1) is 22.7 Å². The highest BCUT2D eigenvalue weighted by molar-refractivity contribution is 7.16. The number of esters is 1. The highest BCUT2D eigenvalue weighted by atomic mass is 32.1. The van der Waals surface area contributed by atoms with Crippen molar-refractivity contribution in [3.8, 4) is 5.75 Å². The highest BCUT2D eigenvalue weighted by Gasteiger charge is 2.52. The van der Waals surface area contributed by atoms with Gasteiger partial charge in [0, 0.05) is 56.0 Å². The normalized spacial score (nSPS) is 19.5. The van der Waals surface area contributed by atoms with Crippen molar-refractivity contribution >= 4 is 61.1 Å². The minimum atomic E-state index is -1.79. The second-order valence-corrected chi connectivity index (χ2v) is 16.5. The number of aromatic nitrogens is 2. The van der Waals surface area contributed by atoms with Gasteiger partial charge in [-0.3, -0.25) is 14.2 Å². The molecule has 52 heavy (non-hydrogen) atoms. The van der Waals surface area contributed by atoms with Crippen LogP contribution in [0, 0.1) is 11.8 Å². The molecule has 5 N–H and O–H groups in total. The maximum Gasteiger partial charge on any atom is 0.349 e. The Morgan fingerprint density at radius 3 is 2.46 bits per heavy atom. The van der Waals surface area contributed by atoms with Crippen LogP contribution >= 0.6 is 34.0 Å². The zero-order valence-corrected chi connectivity index (χ0v) is 30.5. The largest absolute Gasteiger partial charge is 0.506 e. The maximum atomic E-state index is 13.5. The molecule has 0 spiro atoms. The first-order valence-electron chi connectivity index (χ1n) is 17.3. The summed E-state index contributed by atoms with van der Waals surface area (Å²) in [6.45, 7) is 3.81. The molecule has 6 heterocycles. The third kappa shape index (κ3) is 6.53. The van der Waals surface area contributed by atoms with E-state index in [1.54, 1.807) is 24.3 Å². The molecule has 0 radical (unpaired) electrons. The van der Waals surface area contributed by atoms with E-state index < -0.39 is 17.7 Å². The number of phenols is 1. The highest BCUT2D eigenvalue weighted by Crippen LogP contribution is 2.45. The number of aromatic amines is 1. The molecule has 2 unspecified atom stereocenters. The molecule has 3 aliphatic rings. The van der Waals surface area contributed by atoms with Gasteiger partial charge in [0.15, 0.2) is 0 Å². The first kappa shape index (κ1) is 34.9. The number of pyridine rings is 1. The van der Waals surface area contributed by atoms with E-state index in [-0.39, 0.29) is 40.7 Å². The van der Waals surface area contributed by atoms with E-state index in [4.69, 9.17) is 4.74 Å². The van der Waals surface area contributed by atoms with Crippen LogP contribution in [0.2, 0.25) is 0 Å². The first-order valence-corrected chi connectivity index (χ1v) is 19.9. The molecule has 2 bridgehead atoms. The summed E-state index contributed by atoms with van der Waals surface area (Å²) in [5, 5.41) is 40.2. The number of thiazole rings is 1. The van der Waals surface area contributed by atoms with E-state index in [1.807, 2.05) is 45.7 Å². The third-order valence-electron chi connectivity index (χ3n) is 10.3. The van der Waals surface area contributed by atoms with Crippen molar-refractivity contribution in [1.29, 1.82) is 0 Å². The number of hydrogen-bond donors (Lipinski definition) is 5. The van der Waals surface area contributed by atoms with E-state index in [9.17, 15) is 29.7 Å². The summed E-state index contributed by atoms with van der Waals surface area (Å²) in [5.41, 5.74) is 0.656. The van der Waals surface area contributed by atoms with Crippen molar-refractivity contribution in [1.82, 2.24) is 19.8 Å². The number of nitrogens with zero attached hydrogens (tertiary/aromatic N) is 2. The molecule has 6 aromatic rings. The molecule has 270 valence electrons. The summed E-state index contributed by atoms with van der Waals surface area (Å²) in [7, 11) is 0.